The van der Waals surface area contributed by atoms with Crippen LogP contribution in [0.3, 0.4) is 0 Å². The third kappa shape index (κ3) is 2.95. The van der Waals surface area contributed by atoms with Crippen LogP contribution in [0.2, 0.25) is 0 Å². The van der Waals surface area contributed by atoms with E-state index in [4.69, 9.17) is 0 Å². The standard InChI is InChI=1S/C11H16N8/c1-2-5-13-9-16-10(15-8-3-4-8)18-11(17-9)19-7-12-6-14-19/h6-8H,2-5H2,1H3,(H2,13,15,16,17,18). The first-order chi connectivity index (χ1) is 9.35. The van der Waals surface area contributed by atoms with Gasteiger partial charge in [-0.15, -0.1) is 0 Å². The van der Waals surface area contributed by atoms with E-state index in [-0.39, 0.29) is 0 Å². The van der Waals surface area contributed by atoms with Gasteiger partial charge in [-0.05, 0) is 19.3 Å². The van der Waals surface area contributed by atoms with Crippen molar-refractivity contribution in [1.29, 1.82) is 0 Å². The highest BCUT2D eigenvalue weighted by Gasteiger charge is 2.22. The van der Waals surface area contributed by atoms with E-state index in [2.05, 4.69) is 42.6 Å². The molecule has 8 heteroatoms. The van der Waals surface area contributed by atoms with Crippen molar-refractivity contribution in [1.82, 2.24) is 29.7 Å². The predicted molar refractivity (Wildman–Crippen MR) is 70.2 cm³/mol. The quantitative estimate of drug-likeness (QED) is 0.795. The van der Waals surface area contributed by atoms with Gasteiger partial charge >= 0.3 is 0 Å². The molecule has 8 nitrogen and oxygen atoms in total. The summed E-state index contributed by atoms with van der Waals surface area (Å²) in [6.07, 6.45) is 6.37. The lowest BCUT2D eigenvalue weighted by molar-refractivity contribution is 0.791. The average molecular weight is 260 g/mol. The molecule has 3 rings (SSSR count). The van der Waals surface area contributed by atoms with Crippen LogP contribution in [0.15, 0.2) is 12.7 Å². The summed E-state index contributed by atoms with van der Waals surface area (Å²) < 4.78 is 1.52. The lowest BCUT2D eigenvalue weighted by Crippen LogP contribution is -2.14. The number of hydrogen-bond acceptors (Lipinski definition) is 7. The SMILES string of the molecule is CCCNc1nc(NC2CC2)nc(-n2cncn2)n1. The predicted octanol–water partition coefficient (Wildman–Crippen LogP) is 0.848. The summed E-state index contributed by atoms with van der Waals surface area (Å²) in [4.78, 5) is 16.9. The highest BCUT2D eigenvalue weighted by molar-refractivity contribution is 5.39. The Hall–Kier alpha value is -2.25. The van der Waals surface area contributed by atoms with Gasteiger partial charge in [-0.3, -0.25) is 0 Å². The van der Waals surface area contributed by atoms with Crippen LogP contribution < -0.4 is 10.6 Å². The zero-order valence-electron chi connectivity index (χ0n) is 10.7. The lowest BCUT2D eigenvalue weighted by atomic mass is 10.5. The van der Waals surface area contributed by atoms with Gasteiger partial charge < -0.3 is 10.6 Å². The Balaban J connectivity index is 1.88. The third-order valence-electron chi connectivity index (χ3n) is 2.69. The third-order valence-corrected chi connectivity index (χ3v) is 2.69. The first-order valence-corrected chi connectivity index (χ1v) is 6.46. The average Bonchev–Trinajstić information content (AvgIpc) is 3.07. The molecule has 0 radical (unpaired) electrons. The maximum absolute atomic E-state index is 4.35. The van der Waals surface area contributed by atoms with E-state index in [1.54, 1.807) is 6.33 Å². The Morgan fingerprint density at radius 1 is 1.26 bits per heavy atom. The second-order valence-corrected chi connectivity index (χ2v) is 4.47. The van der Waals surface area contributed by atoms with E-state index in [9.17, 15) is 0 Å². The molecule has 2 heterocycles. The number of nitrogens with one attached hydrogen (secondary N) is 2. The summed E-state index contributed by atoms with van der Waals surface area (Å²) in [6.45, 7) is 2.92. The first kappa shape index (κ1) is 11.8. The molecule has 1 aliphatic carbocycles. The van der Waals surface area contributed by atoms with Crippen LogP contribution in [0.4, 0.5) is 11.9 Å². The van der Waals surface area contributed by atoms with E-state index < -0.39 is 0 Å². The van der Waals surface area contributed by atoms with Crippen LogP contribution in [-0.4, -0.2) is 42.3 Å². The molecule has 2 aromatic heterocycles. The Morgan fingerprint density at radius 3 is 2.79 bits per heavy atom. The molecule has 0 aromatic carbocycles. The highest BCUT2D eigenvalue weighted by atomic mass is 15.4. The molecule has 1 fully saturated rings. The molecule has 0 unspecified atom stereocenters. The van der Waals surface area contributed by atoms with Crippen molar-refractivity contribution in [3.05, 3.63) is 12.7 Å². The van der Waals surface area contributed by atoms with Crippen LogP contribution in [0.25, 0.3) is 5.95 Å². The maximum Gasteiger partial charge on any atom is 0.258 e. The summed E-state index contributed by atoms with van der Waals surface area (Å²) >= 11 is 0. The Morgan fingerprint density at radius 2 is 2.11 bits per heavy atom. The maximum atomic E-state index is 4.35. The fraction of sp³-hybridized carbons (Fsp3) is 0.545. The van der Waals surface area contributed by atoms with Crippen LogP contribution >= 0.6 is 0 Å². The van der Waals surface area contributed by atoms with Gasteiger partial charge in [0.15, 0.2) is 0 Å². The van der Waals surface area contributed by atoms with Crippen molar-refractivity contribution in [3.8, 4) is 5.95 Å². The number of anilines is 2. The molecular formula is C11H16N8. The molecule has 1 aliphatic rings. The highest BCUT2D eigenvalue weighted by Crippen LogP contribution is 2.23. The van der Waals surface area contributed by atoms with Crippen molar-refractivity contribution >= 4 is 11.9 Å². The molecule has 0 spiro atoms. The Bertz CT molecular complexity index is 534. The molecule has 19 heavy (non-hydrogen) atoms. The van der Waals surface area contributed by atoms with Crippen LogP contribution in [0.1, 0.15) is 26.2 Å². The zero-order chi connectivity index (χ0) is 13.1. The summed E-state index contributed by atoms with van der Waals surface area (Å²) in [5, 5.41) is 10.5. The molecular weight excluding hydrogens is 244 g/mol. The van der Waals surface area contributed by atoms with Gasteiger partial charge in [-0.1, -0.05) is 6.92 Å². The molecule has 2 N–H and O–H groups in total. The topological polar surface area (TPSA) is 93.4 Å². The van der Waals surface area contributed by atoms with Crippen LogP contribution in [0, 0.1) is 0 Å². The van der Waals surface area contributed by atoms with E-state index in [1.165, 1.54) is 23.9 Å². The molecule has 0 saturated heterocycles. The summed E-state index contributed by atoms with van der Waals surface area (Å²) in [7, 11) is 0. The van der Waals surface area contributed by atoms with Gasteiger partial charge in [0, 0.05) is 12.6 Å². The second kappa shape index (κ2) is 5.17. The normalized spacial score (nSPS) is 14.4. The van der Waals surface area contributed by atoms with Crippen molar-refractivity contribution in [2.45, 2.75) is 32.2 Å². The van der Waals surface area contributed by atoms with E-state index in [1.807, 2.05) is 0 Å². The molecule has 0 amide bonds. The molecule has 100 valence electrons. The van der Waals surface area contributed by atoms with E-state index in [0.717, 1.165) is 13.0 Å². The zero-order valence-corrected chi connectivity index (χ0v) is 10.7. The van der Waals surface area contributed by atoms with Crippen molar-refractivity contribution < 1.29 is 0 Å². The molecule has 1 saturated carbocycles. The van der Waals surface area contributed by atoms with Gasteiger partial charge in [-0.25, -0.2) is 4.98 Å². The van der Waals surface area contributed by atoms with Crippen molar-refractivity contribution in [2.24, 2.45) is 0 Å². The second-order valence-electron chi connectivity index (χ2n) is 4.47. The largest absolute Gasteiger partial charge is 0.354 e. The number of aromatic nitrogens is 6. The van der Waals surface area contributed by atoms with E-state index >= 15 is 0 Å². The monoisotopic (exact) mass is 260 g/mol. The minimum atomic E-state index is 0.467. The number of hydrogen-bond donors (Lipinski definition) is 2. The van der Waals surface area contributed by atoms with Gasteiger partial charge in [0.2, 0.25) is 11.9 Å². The van der Waals surface area contributed by atoms with E-state index in [0.29, 0.717) is 23.9 Å². The molecule has 2 aromatic rings. The van der Waals surface area contributed by atoms with Gasteiger partial charge in [-0.2, -0.15) is 24.7 Å². The fourth-order valence-electron chi connectivity index (χ4n) is 1.57. The first-order valence-electron chi connectivity index (χ1n) is 6.46. The summed E-state index contributed by atoms with van der Waals surface area (Å²) in [5.74, 6) is 1.61. The molecule has 0 bridgehead atoms. The lowest BCUT2D eigenvalue weighted by Gasteiger charge is -2.08. The summed E-state index contributed by atoms with van der Waals surface area (Å²) in [5.41, 5.74) is 0. The Kier molecular flexibility index (Phi) is 3.21. The molecule has 0 atom stereocenters. The van der Waals surface area contributed by atoms with Gasteiger partial charge in [0.25, 0.3) is 5.95 Å². The van der Waals surface area contributed by atoms with Crippen LogP contribution in [0.5, 0.6) is 0 Å². The smallest absolute Gasteiger partial charge is 0.258 e. The van der Waals surface area contributed by atoms with Crippen molar-refractivity contribution in [2.75, 3.05) is 17.2 Å². The fourth-order valence-corrected chi connectivity index (χ4v) is 1.57. The van der Waals surface area contributed by atoms with Gasteiger partial charge in [0.1, 0.15) is 12.7 Å². The minimum Gasteiger partial charge on any atom is -0.354 e. The van der Waals surface area contributed by atoms with Crippen LogP contribution in [-0.2, 0) is 0 Å². The Labute approximate surface area is 110 Å². The molecule has 0 aliphatic heterocycles. The number of nitrogens with zero attached hydrogens (tertiary/aromatic N) is 6. The minimum absolute atomic E-state index is 0.467. The van der Waals surface area contributed by atoms with Gasteiger partial charge in [0.05, 0.1) is 0 Å². The number of rotatable bonds is 6. The van der Waals surface area contributed by atoms with Crippen molar-refractivity contribution in [3.63, 3.8) is 0 Å². The summed E-state index contributed by atoms with van der Waals surface area (Å²) in [6, 6.07) is 0.491.